The van der Waals surface area contributed by atoms with Crippen LogP contribution in [0.5, 0.6) is 11.5 Å². The molecule has 0 spiro atoms. The molecule has 8 nitrogen and oxygen atoms in total. The van der Waals surface area contributed by atoms with Gasteiger partial charge in [0.25, 0.3) is 0 Å². The SMILES string of the molecule is Cc1c(OC2CCN(Cc3ccccc3)CC2)ccc(OC(=O)NC2=CS(=S(=O)=O)C=N2)c1F. The van der Waals surface area contributed by atoms with E-state index in [0.29, 0.717) is 5.75 Å². The highest BCUT2D eigenvalue weighted by atomic mass is 32.9. The fourth-order valence-electron chi connectivity index (χ4n) is 3.70. The Hall–Kier alpha value is -3.02. The van der Waals surface area contributed by atoms with E-state index in [1.54, 1.807) is 13.0 Å². The summed E-state index contributed by atoms with van der Waals surface area (Å²) >= 11 is 0. The molecule has 1 fully saturated rings. The molecule has 0 radical (unpaired) electrons. The van der Waals surface area contributed by atoms with Crippen molar-refractivity contribution in [3.05, 3.63) is 70.6 Å². The molecule has 2 aliphatic heterocycles. The topological polar surface area (TPSA) is 97.3 Å². The average molecular weight is 506 g/mol. The van der Waals surface area contributed by atoms with Crippen LogP contribution in [-0.4, -0.2) is 44.2 Å². The van der Waals surface area contributed by atoms with Crippen LogP contribution in [0.25, 0.3) is 0 Å². The molecule has 1 atom stereocenters. The highest BCUT2D eigenvalue weighted by Crippen LogP contribution is 2.30. The third kappa shape index (κ3) is 6.10. The number of aliphatic imine (C=N–C) groups is 1. The molecule has 4 rings (SSSR count). The van der Waals surface area contributed by atoms with Crippen LogP contribution in [0.3, 0.4) is 0 Å². The number of carbonyl (C=O) groups excluding carboxylic acids is 1. The lowest BCUT2D eigenvalue weighted by Crippen LogP contribution is -2.37. The van der Waals surface area contributed by atoms with Crippen LogP contribution in [0.15, 0.2) is 58.7 Å². The third-order valence-corrected chi connectivity index (χ3v) is 8.06. The number of amides is 1. The second-order valence-corrected chi connectivity index (χ2v) is 11.3. The average Bonchev–Trinajstić information content (AvgIpc) is 3.29. The van der Waals surface area contributed by atoms with Crippen molar-refractivity contribution in [1.82, 2.24) is 10.2 Å². The van der Waals surface area contributed by atoms with Gasteiger partial charge in [-0.05, 0) is 37.5 Å². The molecular weight excluding hydrogens is 481 g/mol. The molecule has 0 aliphatic carbocycles. The second kappa shape index (κ2) is 10.9. The van der Waals surface area contributed by atoms with Gasteiger partial charge >= 0.3 is 6.09 Å². The number of halogens is 1. The zero-order valence-corrected chi connectivity index (χ0v) is 20.1. The molecule has 0 bridgehead atoms. The number of nitrogens with one attached hydrogen (secondary N) is 1. The van der Waals surface area contributed by atoms with E-state index in [2.05, 4.69) is 27.3 Å². The van der Waals surface area contributed by atoms with Gasteiger partial charge in [0.1, 0.15) is 17.7 Å². The number of nitrogens with zero attached hydrogens (tertiary/aromatic N) is 2. The fourth-order valence-corrected chi connectivity index (χ4v) is 5.32. The molecule has 1 N–H and O–H groups in total. The van der Waals surface area contributed by atoms with Gasteiger partial charge in [-0.2, -0.15) is 8.42 Å². The van der Waals surface area contributed by atoms with Crippen LogP contribution in [0, 0.1) is 12.7 Å². The molecule has 1 amide bonds. The van der Waals surface area contributed by atoms with Crippen LogP contribution < -0.4 is 14.8 Å². The van der Waals surface area contributed by atoms with Crippen molar-refractivity contribution in [2.24, 2.45) is 4.99 Å². The van der Waals surface area contributed by atoms with Gasteiger partial charge in [-0.15, -0.1) is 0 Å². The van der Waals surface area contributed by atoms with Crippen LogP contribution in [-0.2, 0) is 25.3 Å². The van der Waals surface area contributed by atoms with E-state index < -0.39 is 30.6 Å². The number of piperidine rings is 1. The largest absolute Gasteiger partial charge is 0.490 e. The Labute approximate surface area is 200 Å². The van der Waals surface area contributed by atoms with Gasteiger partial charge in [-0.3, -0.25) is 10.2 Å². The molecule has 0 aromatic heterocycles. The summed E-state index contributed by atoms with van der Waals surface area (Å²) in [5.74, 6) is -0.502. The van der Waals surface area contributed by atoms with Crippen molar-refractivity contribution >= 4 is 30.4 Å². The van der Waals surface area contributed by atoms with E-state index in [9.17, 15) is 17.6 Å². The Morgan fingerprint density at radius 2 is 1.88 bits per heavy atom. The van der Waals surface area contributed by atoms with Gasteiger partial charge in [0.2, 0.25) is 9.26 Å². The van der Waals surface area contributed by atoms with Crippen LogP contribution in [0.1, 0.15) is 24.0 Å². The predicted octanol–water partition coefficient (Wildman–Crippen LogP) is 3.52. The first-order chi connectivity index (χ1) is 16.4. The second-order valence-electron chi connectivity index (χ2n) is 7.86. The maximum absolute atomic E-state index is 14.8. The summed E-state index contributed by atoms with van der Waals surface area (Å²) < 4.78 is 47.8. The highest BCUT2D eigenvalue weighted by Gasteiger charge is 2.23. The predicted molar refractivity (Wildman–Crippen MR) is 129 cm³/mol. The number of hydrogen-bond donors (Lipinski definition) is 1. The summed E-state index contributed by atoms with van der Waals surface area (Å²) in [5.41, 5.74) is 2.72. The smallest absolute Gasteiger partial charge is 0.418 e. The number of likely N-dealkylation sites (tertiary alicyclic amines) is 1. The Kier molecular flexibility index (Phi) is 7.76. The molecule has 34 heavy (non-hydrogen) atoms. The minimum atomic E-state index is -2.36. The molecule has 2 heterocycles. The van der Waals surface area contributed by atoms with Crippen LogP contribution in [0.4, 0.5) is 9.18 Å². The van der Waals surface area contributed by atoms with E-state index in [1.807, 2.05) is 18.2 Å². The summed E-state index contributed by atoms with van der Waals surface area (Å²) in [6.45, 7) is 4.25. The van der Waals surface area contributed by atoms with Crippen molar-refractivity contribution in [2.45, 2.75) is 32.4 Å². The van der Waals surface area contributed by atoms with Gasteiger partial charge in [0.05, 0.1) is 5.55 Å². The van der Waals surface area contributed by atoms with Gasteiger partial charge < -0.3 is 9.47 Å². The Morgan fingerprint density at radius 3 is 2.56 bits per heavy atom. The molecule has 0 saturated carbocycles. The van der Waals surface area contributed by atoms with Crippen molar-refractivity contribution in [1.29, 1.82) is 0 Å². The molecule has 2 aromatic rings. The maximum atomic E-state index is 14.8. The van der Waals surface area contributed by atoms with Crippen molar-refractivity contribution < 1.29 is 27.1 Å². The number of rotatable bonds is 6. The number of benzene rings is 2. The maximum Gasteiger partial charge on any atom is 0.418 e. The van der Waals surface area contributed by atoms with Crippen molar-refractivity contribution in [3.63, 3.8) is 0 Å². The molecular formula is C23H24FN3O5S2. The van der Waals surface area contributed by atoms with Crippen molar-refractivity contribution in [3.8, 4) is 11.5 Å². The fraction of sp³-hybridized carbons (Fsp3) is 0.304. The number of ether oxygens (including phenoxy) is 2. The molecule has 180 valence electrons. The van der Waals surface area contributed by atoms with E-state index in [4.69, 9.17) is 9.47 Å². The number of hydrogen-bond acceptors (Lipinski definition) is 7. The first kappa shape index (κ1) is 24.1. The zero-order chi connectivity index (χ0) is 24.1. The normalized spacial score (nSPS) is 18.4. The summed E-state index contributed by atoms with van der Waals surface area (Å²) in [6.07, 6.45) is 0.677. The van der Waals surface area contributed by atoms with E-state index in [-0.39, 0.29) is 23.2 Å². The lowest BCUT2D eigenvalue weighted by atomic mass is 10.1. The van der Waals surface area contributed by atoms with Crippen molar-refractivity contribution in [2.75, 3.05) is 13.1 Å². The van der Waals surface area contributed by atoms with Gasteiger partial charge in [-0.25, -0.2) is 14.2 Å². The Morgan fingerprint density at radius 1 is 1.18 bits per heavy atom. The Balaban J connectivity index is 1.31. The number of carbonyl (C=O) groups is 1. The lowest BCUT2D eigenvalue weighted by Gasteiger charge is -2.32. The summed E-state index contributed by atoms with van der Waals surface area (Å²) in [7, 11) is -3.56. The van der Waals surface area contributed by atoms with Gasteiger partial charge in [0, 0.05) is 40.1 Å². The first-order valence-electron chi connectivity index (χ1n) is 10.7. The summed E-state index contributed by atoms with van der Waals surface area (Å²) in [4.78, 5) is 18.2. The zero-order valence-electron chi connectivity index (χ0n) is 18.4. The molecule has 1 unspecified atom stereocenters. The molecule has 11 heteroatoms. The summed E-state index contributed by atoms with van der Waals surface area (Å²) in [6, 6.07) is 13.2. The minimum Gasteiger partial charge on any atom is -0.490 e. The molecule has 1 saturated heterocycles. The van der Waals surface area contributed by atoms with Crippen LogP contribution in [0.2, 0.25) is 0 Å². The van der Waals surface area contributed by atoms with Gasteiger partial charge in [-0.1, -0.05) is 30.3 Å². The summed E-state index contributed by atoms with van der Waals surface area (Å²) in [5, 5.41) is 3.57. The Bertz CT molecular complexity index is 1260. The van der Waals surface area contributed by atoms with Gasteiger partial charge in [0.15, 0.2) is 11.6 Å². The highest BCUT2D eigenvalue weighted by molar-refractivity contribution is 8.42. The molecule has 2 aromatic carbocycles. The minimum absolute atomic E-state index is 0.0206. The first-order valence-corrected chi connectivity index (χ1v) is 13.6. The lowest BCUT2D eigenvalue weighted by molar-refractivity contribution is 0.0958. The van der Waals surface area contributed by atoms with E-state index in [1.165, 1.54) is 22.6 Å². The quantitative estimate of drug-likeness (QED) is 0.645. The molecule has 2 aliphatic rings. The monoisotopic (exact) mass is 505 g/mol. The third-order valence-electron chi connectivity index (χ3n) is 5.49. The standard InChI is InChI=1S/C23H24FN3O5S2/c1-16-19(31-18-9-11-27(12-10-18)13-17-5-3-2-4-6-17)7-8-20(22(16)24)32-23(28)26-21-14-33(15-25-21)34(29)30/h2-8,14-15,18H,9-13H2,1H3,(H,26,28). The van der Waals surface area contributed by atoms with E-state index >= 15 is 0 Å². The van der Waals surface area contributed by atoms with E-state index in [0.717, 1.165) is 32.5 Å². The van der Waals surface area contributed by atoms with Crippen LogP contribution >= 0.6 is 0 Å².